The van der Waals surface area contributed by atoms with Crippen LogP contribution in [0.25, 0.3) is 0 Å². The van der Waals surface area contributed by atoms with Crippen LogP contribution in [-0.4, -0.2) is 48.4 Å². The maximum Gasteiger partial charge on any atom is 0.227 e. The van der Waals surface area contributed by atoms with Gasteiger partial charge in [-0.25, -0.2) is 0 Å². The Labute approximate surface area is 122 Å². The molecule has 0 saturated carbocycles. The molecule has 18 heavy (non-hydrogen) atoms. The minimum absolute atomic E-state index is 0.256. The van der Waals surface area contributed by atoms with Crippen LogP contribution in [0, 0.1) is 3.57 Å². The van der Waals surface area contributed by atoms with Crippen molar-refractivity contribution >= 4 is 28.5 Å². The standard InChI is InChI=1S/C14H19IN2O/c1-2-16-7-9-17(10-8-16)14(18)11-12-3-5-13(15)6-4-12/h3-6H,2,7-11H2,1H3. The first-order valence-electron chi connectivity index (χ1n) is 6.43. The second-order valence-electron chi connectivity index (χ2n) is 4.62. The molecule has 1 heterocycles. The Hall–Kier alpha value is -0.620. The molecular weight excluding hydrogens is 339 g/mol. The van der Waals surface area contributed by atoms with Crippen LogP contribution in [0.3, 0.4) is 0 Å². The number of hydrogen-bond donors (Lipinski definition) is 0. The topological polar surface area (TPSA) is 23.6 Å². The molecule has 0 aromatic heterocycles. The molecule has 0 radical (unpaired) electrons. The lowest BCUT2D eigenvalue weighted by atomic mass is 10.1. The van der Waals surface area contributed by atoms with E-state index in [2.05, 4.69) is 46.5 Å². The molecule has 1 saturated heterocycles. The Bertz CT molecular complexity index is 397. The molecular formula is C14H19IN2O. The van der Waals surface area contributed by atoms with Gasteiger partial charge in [-0.3, -0.25) is 4.79 Å². The number of carbonyl (C=O) groups excluding carboxylic acids is 1. The van der Waals surface area contributed by atoms with Crippen LogP contribution in [0.15, 0.2) is 24.3 Å². The van der Waals surface area contributed by atoms with Crippen molar-refractivity contribution in [2.75, 3.05) is 32.7 Å². The molecule has 1 aromatic rings. The Balaban J connectivity index is 1.87. The number of amides is 1. The van der Waals surface area contributed by atoms with Gasteiger partial charge in [0.15, 0.2) is 0 Å². The lowest BCUT2D eigenvalue weighted by molar-refractivity contribution is -0.132. The zero-order chi connectivity index (χ0) is 13.0. The van der Waals surface area contributed by atoms with Gasteiger partial charge in [-0.1, -0.05) is 19.1 Å². The van der Waals surface area contributed by atoms with E-state index in [1.165, 1.54) is 3.57 Å². The largest absolute Gasteiger partial charge is 0.340 e. The number of halogens is 1. The second-order valence-corrected chi connectivity index (χ2v) is 5.86. The number of piperazine rings is 1. The quantitative estimate of drug-likeness (QED) is 0.772. The van der Waals surface area contributed by atoms with Gasteiger partial charge in [-0.05, 0) is 46.8 Å². The summed E-state index contributed by atoms with van der Waals surface area (Å²) >= 11 is 2.28. The lowest BCUT2D eigenvalue weighted by Crippen LogP contribution is -2.48. The van der Waals surface area contributed by atoms with Gasteiger partial charge < -0.3 is 9.80 Å². The van der Waals surface area contributed by atoms with E-state index in [9.17, 15) is 4.79 Å². The number of rotatable bonds is 3. The monoisotopic (exact) mass is 358 g/mol. The van der Waals surface area contributed by atoms with E-state index >= 15 is 0 Å². The van der Waals surface area contributed by atoms with Crippen molar-refractivity contribution in [2.24, 2.45) is 0 Å². The smallest absolute Gasteiger partial charge is 0.227 e. The molecule has 1 aliphatic heterocycles. The highest BCUT2D eigenvalue weighted by molar-refractivity contribution is 14.1. The van der Waals surface area contributed by atoms with Gasteiger partial charge in [-0.15, -0.1) is 0 Å². The number of hydrogen-bond acceptors (Lipinski definition) is 2. The molecule has 0 spiro atoms. The van der Waals surface area contributed by atoms with Crippen LogP contribution in [0.2, 0.25) is 0 Å². The third-order valence-electron chi connectivity index (χ3n) is 3.44. The van der Waals surface area contributed by atoms with E-state index in [1.54, 1.807) is 0 Å². The molecule has 0 aliphatic carbocycles. The number of nitrogens with zero attached hydrogens (tertiary/aromatic N) is 2. The molecule has 1 fully saturated rings. The van der Waals surface area contributed by atoms with Crippen molar-refractivity contribution in [2.45, 2.75) is 13.3 Å². The Morgan fingerprint density at radius 3 is 2.33 bits per heavy atom. The van der Waals surface area contributed by atoms with E-state index in [4.69, 9.17) is 0 Å². The first kappa shape index (κ1) is 13.8. The van der Waals surface area contributed by atoms with Crippen molar-refractivity contribution < 1.29 is 4.79 Å². The van der Waals surface area contributed by atoms with E-state index in [-0.39, 0.29) is 5.91 Å². The molecule has 1 aliphatic rings. The van der Waals surface area contributed by atoms with Gasteiger partial charge in [-0.2, -0.15) is 0 Å². The van der Waals surface area contributed by atoms with Gasteiger partial charge in [0.05, 0.1) is 6.42 Å². The van der Waals surface area contributed by atoms with Gasteiger partial charge >= 0.3 is 0 Å². The number of benzene rings is 1. The summed E-state index contributed by atoms with van der Waals surface area (Å²) in [6.07, 6.45) is 0.531. The summed E-state index contributed by atoms with van der Waals surface area (Å²) in [7, 11) is 0. The summed E-state index contributed by atoms with van der Waals surface area (Å²) in [5.41, 5.74) is 1.11. The molecule has 0 bridgehead atoms. The van der Waals surface area contributed by atoms with Gasteiger partial charge in [0, 0.05) is 29.7 Å². The van der Waals surface area contributed by atoms with Crippen molar-refractivity contribution in [3.63, 3.8) is 0 Å². The van der Waals surface area contributed by atoms with Crippen LogP contribution < -0.4 is 0 Å². The summed E-state index contributed by atoms with van der Waals surface area (Å²) in [5.74, 6) is 0.256. The molecule has 1 amide bonds. The third kappa shape index (κ3) is 3.68. The fraction of sp³-hybridized carbons (Fsp3) is 0.500. The number of carbonyl (C=O) groups is 1. The van der Waals surface area contributed by atoms with Crippen LogP contribution >= 0.6 is 22.6 Å². The SMILES string of the molecule is CCN1CCN(C(=O)Cc2ccc(I)cc2)CC1. The Morgan fingerprint density at radius 1 is 1.17 bits per heavy atom. The maximum absolute atomic E-state index is 12.2. The minimum atomic E-state index is 0.256. The molecule has 0 unspecified atom stereocenters. The summed E-state index contributed by atoms with van der Waals surface area (Å²) < 4.78 is 1.21. The van der Waals surface area contributed by atoms with E-state index in [0.717, 1.165) is 38.3 Å². The van der Waals surface area contributed by atoms with Crippen molar-refractivity contribution in [1.82, 2.24) is 9.80 Å². The Kier molecular flexibility index (Phi) is 5.00. The predicted molar refractivity (Wildman–Crippen MR) is 81.6 cm³/mol. The van der Waals surface area contributed by atoms with Gasteiger partial charge in [0.1, 0.15) is 0 Å². The summed E-state index contributed by atoms with van der Waals surface area (Å²) in [6.45, 7) is 7.01. The predicted octanol–water partition coefficient (Wildman–Crippen LogP) is 2.00. The van der Waals surface area contributed by atoms with E-state index in [0.29, 0.717) is 6.42 Å². The fourth-order valence-electron chi connectivity index (χ4n) is 2.20. The fourth-order valence-corrected chi connectivity index (χ4v) is 2.56. The van der Waals surface area contributed by atoms with Gasteiger partial charge in [0.2, 0.25) is 5.91 Å². The highest BCUT2D eigenvalue weighted by Crippen LogP contribution is 2.10. The first-order valence-corrected chi connectivity index (χ1v) is 7.51. The van der Waals surface area contributed by atoms with Crippen LogP contribution in [0.5, 0.6) is 0 Å². The zero-order valence-electron chi connectivity index (χ0n) is 10.7. The molecule has 2 rings (SSSR count). The highest BCUT2D eigenvalue weighted by atomic mass is 127. The average molecular weight is 358 g/mol. The molecule has 0 N–H and O–H groups in total. The molecule has 3 nitrogen and oxygen atoms in total. The van der Waals surface area contributed by atoms with E-state index < -0.39 is 0 Å². The van der Waals surface area contributed by atoms with Crippen LogP contribution in [0.1, 0.15) is 12.5 Å². The highest BCUT2D eigenvalue weighted by Gasteiger charge is 2.19. The van der Waals surface area contributed by atoms with Crippen molar-refractivity contribution in [3.05, 3.63) is 33.4 Å². The number of likely N-dealkylation sites (N-methyl/N-ethyl adjacent to an activating group) is 1. The van der Waals surface area contributed by atoms with E-state index in [1.807, 2.05) is 17.0 Å². The average Bonchev–Trinajstić information content (AvgIpc) is 2.41. The minimum Gasteiger partial charge on any atom is -0.340 e. The second kappa shape index (κ2) is 6.52. The van der Waals surface area contributed by atoms with Crippen LogP contribution in [-0.2, 0) is 11.2 Å². The van der Waals surface area contributed by atoms with Crippen molar-refractivity contribution in [3.8, 4) is 0 Å². The molecule has 0 atom stereocenters. The molecule has 1 aromatic carbocycles. The summed E-state index contributed by atoms with van der Waals surface area (Å²) in [5, 5.41) is 0. The van der Waals surface area contributed by atoms with Crippen LogP contribution in [0.4, 0.5) is 0 Å². The third-order valence-corrected chi connectivity index (χ3v) is 4.16. The zero-order valence-corrected chi connectivity index (χ0v) is 12.9. The lowest BCUT2D eigenvalue weighted by Gasteiger charge is -2.34. The summed E-state index contributed by atoms with van der Waals surface area (Å²) in [4.78, 5) is 16.5. The maximum atomic E-state index is 12.2. The first-order chi connectivity index (χ1) is 8.69. The molecule has 98 valence electrons. The summed E-state index contributed by atoms with van der Waals surface area (Å²) in [6, 6.07) is 8.19. The molecule has 4 heteroatoms. The normalized spacial score (nSPS) is 16.9. The van der Waals surface area contributed by atoms with Gasteiger partial charge in [0.25, 0.3) is 0 Å². The van der Waals surface area contributed by atoms with Crippen molar-refractivity contribution in [1.29, 1.82) is 0 Å². The Morgan fingerprint density at radius 2 is 1.78 bits per heavy atom.